The van der Waals surface area contributed by atoms with Crippen LogP contribution in [0.3, 0.4) is 0 Å². The van der Waals surface area contributed by atoms with Crippen molar-refractivity contribution in [3.63, 3.8) is 0 Å². The van der Waals surface area contributed by atoms with E-state index in [2.05, 4.69) is 0 Å². The second-order valence-corrected chi connectivity index (χ2v) is 9.68. The van der Waals surface area contributed by atoms with E-state index in [1.54, 1.807) is 24.3 Å². The van der Waals surface area contributed by atoms with Gasteiger partial charge in [0.1, 0.15) is 30.2 Å². The summed E-state index contributed by atoms with van der Waals surface area (Å²) in [5, 5.41) is 0. The number of benzene rings is 3. The first kappa shape index (κ1) is 28.9. The molecule has 0 saturated carbocycles. The summed E-state index contributed by atoms with van der Waals surface area (Å²) in [5.74, 6) is -1.35. The third-order valence-corrected chi connectivity index (χ3v) is 7.09. The summed E-state index contributed by atoms with van der Waals surface area (Å²) in [5.41, 5.74) is -1.84. The Morgan fingerprint density at radius 2 is 1.52 bits per heavy atom. The molecule has 1 fully saturated rings. The second kappa shape index (κ2) is 12.1. The van der Waals surface area contributed by atoms with Crippen LogP contribution in [0.25, 0.3) is 0 Å². The van der Waals surface area contributed by atoms with Crippen LogP contribution in [0, 0.1) is 5.82 Å². The van der Waals surface area contributed by atoms with E-state index in [4.69, 9.17) is 18.9 Å². The Morgan fingerprint density at radius 3 is 2.07 bits per heavy atom. The van der Waals surface area contributed by atoms with Gasteiger partial charge in [-0.05, 0) is 28.8 Å². The predicted octanol–water partition coefficient (Wildman–Crippen LogP) is 3.86. The highest BCUT2D eigenvalue weighted by molar-refractivity contribution is 5.65. The Morgan fingerprint density at radius 1 is 0.952 bits per heavy atom. The first-order valence-corrected chi connectivity index (χ1v) is 13.1. The quantitative estimate of drug-likeness (QED) is 0.237. The lowest BCUT2D eigenvalue weighted by atomic mass is 9.79. The fourth-order valence-electron chi connectivity index (χ4n) is 5.12. The van der Waals surface area contributed by atoms with Crippen LogP contribution in [-0.4, -0.2) is 47.6 Å². The number of aromatic nitrogens is 2. The van der Waals surface area contributed by atoms with E-state index in [1.165, 1.54) is 14.0 Å². The fraction of sp³-hybridized carbons (Fsp3) is 0.258. The molecule has 5 rings (SSSR count). The maximum Gasteiger partial charge on any atom is 0.330 e. The number of methoxy groups -OCH3 is 1. The van der Waals surface area contributed by atoms with Crippen molar-refractivity contribution >= 4 is 5.97 Å². The molecule has 0 aliphatic carbocycles. The summed E-state index contributed by atoms with van der Waals surface area (Å²) in [4.78, 5) is 37.7. The minimum Gasteiger partial charge on any atom is -0.497 e. The number of alkyl halides is 1. The van der Waals surface area contributed by atoms with Gasteiger partial charge in [0.05, 0.1) is 13.3 Å². The van der Waals surface area contributed by atoms with Gasteiger partial charge in [-0.3, -0.25) is 19.1 Å². The monoisotopic (exact) mass is 578 g/mol. The van der Waals surface area contributed by atoms with Gasteiger partial charge in [0, 0.05) is 6.92 Å². The van der Waals surface area contributed by atoms with Gasteiger partial charge in [0.25, 0.3) is 5.56 Å². The SMILES string of the molecule is COc1ccc(C(O[C@@H]2C(COC(C)=O)O[C@@H](n3cc(F)c(=O)[nH]c3=O)[C@H]2F)(c2ccccc2)c2ccccc2)cc1. The van der Waals surface area contributed by atoms with E-state index in [0.717, 1.165) is 0 Å². The molecule has 0 radical (unpaired) electrons. The standard InChI is InChI=1S/C31H28F2N2O7/c1-19(36)40-18-25-27(26(33)29(41-25)35-17-24(32)28(37)34-30(35)38)42-31(20-9-5-3-6-10-20,21-11-7-4-8-12-21)22-13-15-23(39-2)16-14-22/h3-17,25-27,29H,18H2,1-2H3,(H,34,37,38)/t25?,26-,27+,29+/m0/s1. The molecule has 0 bridgehead atoms. The summed E-state index contributed by atoms with van der Waals surface area (Å²) in [7, 11) is 1.54. The molecule has 0 amide bonds. The van der Waals surface area contributed by atoms with Gasteiger partial charge >= 0.3 is 11.7 Å². The maximum absolute atomic E-state index is 16.5. The normalized spacial score (nSPS) is 20.3. The molecule has 1 aromatic heterocycles. The third kappa shape index (κ3) is 5.48. The van der Waals surface area contributed by atoms with E-state index in [-0.39, 0.29) is 0 Å². The number of H-pyrrole nitrogens is 1. The number of hydrogen-bond donors (Lipinski definition) is 1. The molecule has 42 heavy (non-hydrogen) atoms. The molecule has 1 aliphatic heterocycles. The summed E-state index contributed by atoms with van der Waals surface area (Å²) >= 11 is 0. The highest BCUT2D eigenvalue weighted by Gasteiger charge is 2.52. The molecule has 11 heteroatoms. The summed E-state index contributed by atoms with van der Waals surface area (Å²) < 4.78 is 54.6. The topological polar surface area (TPSA) is 109 Å². The number of hydrogen-bond acceptors (Lipinski definition) is 7. The zero-order chi connectivity index (χ0) is 29.9. The minimum absolute atomic E-state index is 0.417. The molecule has 1 aliphatic rings. The Labute approximate surface area is 239 Å². The van der Waals surface area contributed by atoms with Crippen LogP contribution in [0.1, 0.15) is 29.8 Å². The summed E-state index contributed by atoms with van der Waals surface area (Å²) in [6.45, 7) is 0.770. The van der Waals surface area contributed by atoms with Crippen molar-refractivity contribution < 1.29 is 32.5 Å². The number of ether oxygens (including phenoxy) is 4. The number of rotatable bonds is 9. The largest absolute Gasteiger partial charge is 0.497 e. The van der Waals surface area contributed by atoms with Crippen LogP contribution in [-0.2, 0) is 24.6 Å². The first-order valence-electron chi connectivity index (χ1n) is 13.1. The molecule has 0 spiro atoms. The van der Waals surface area contributed by atoms with Crippen molar-refractivity contribution in [1.82, 2.24) is 9.55 Å². The van der Waals surface area contributed by atoms with E-state index < -0.39 is 59.9 Å². The van der Waals surface area contributed by atoms with Gasteiger partial charge in [-0.25, -0.2) is 9.18 Å². The molecule has 218 valence electrons. The van der Waals surface area contributed by atoms with Crippen LogP contribution in [0.2, 0.25) is 0 Å². The number of esters is 1. The Hall–Kier alpha value is -4.61. The fourth-order valence-corrected chi connectivity index (χ4v) is 5.12. The molecule has 4 atom stereocenters. The van der Waals surface area contributed by atoms with Crippen molar-refractivity contribution in [1.29, 1.82) is 0 Å². The molecule has 9 nitrogen and oxygen atoms in total. The first-order chi connectivity index (χ1) is 20.2. The van der Waals surface area contributed by atoms with Gasteiger partial charge in [0.15, 0.2) is 12.4 Å². The Kier molecular flexibility index (Phi) is 8.32. The molecular formula is C31H28F2N2O7. The number of carbonyl (C=O) groups is 1. The minimum atomic E-state index is -2.07. The number of nitrogens with one attached hydrogen (secondary N) is 1. The highest BCUT2D eigenvalue weighted by atomic mass is 19.1. The zero-order valence-corrected chi connectivity index (χ0v) is 22.7. The van der Waals surface area contributed by atoms with Crippen molar-refractivity contribution in [3.8, 4) is 5.75 Å². The van der Waals surface area contributed by atoms with Crippen molar-refractivity contribution in [2.45, 2.75) is 37.1 Å². The molecule has 3 aromatic carbocycles. The smallest absolute Gasteiger partial charge is 0.330 e. The summed E-state index contributed by atoms with van der Waals surface area (Å²) in [6, 6.07) is 25.4. The van der Waals surface area contributed by atoms with Crippen molar-refractivity contribution in [3.05, 3.63) is 134 Å². The molecule has 4 aromatic rings. The maximum atomic E-state index is 16.5. The average molecular weight is 579 g/mol. The molecular weight excluding hydrogens is 550 g/mol. The molecule has 1 N–H and O–H groups in total. The predicted molar refractivity (Wildman–Crippen MR) is 147 cm³/mol. The van der Waals surface area contributed by atoms with E-state index in [1.807, 2.05) is 65.6 Å². The molecule has 2 heterocycles. The lowest BCUT2D eigenvalue weighted by molar-refractivity contribution is -0.151. The van der Waals surface area contributed by atoms with Crippen LogP contribution < -0.4 is 16.0 Å². The Balaban J connectivity index is 1.68. The third-order valence-electron chi connectivity index (χ3n) is 7.09. The van der Waals surface area contributed by atoms with Gasteiger partial charge in [-0.1, -0.05) is 72.8 Å². The lowest BCUT2D eigenvalue weighted by Gasteiger charge is -2.39. The Bertz CT molecular complexity index is 1600. The number of carbonyl (C=O) groups excluding carboxylic acids is 1. The number of nitrogens with zero attached hydrogens (tertiary/aromatic N) is 1. The average Bonchev–Trinajstić information content (AvgIpc) is 3.31. The molecule has 1 saturated heterocycles. The van der Waals surface area contributed by atoms with Crippen LogP contribution in [0.15, 0.2) is 101 Å². The lowest BCUT2D eigenvalue weighted by Crippen LogP contribution is -2.45. The van der Waals surface area contributed by atoms with Crippen LogP contribution in [0.4, 0.5) is 8.78 Å². The zero-order valence-electron chi connectivity index (χ0n) is 22.7. The highest BCUT2D eigenvalue weighted by Crippen LogP contribution is 2.45. The van der Waals surface area contributed by atoms with Crippen molar-refractivity contribution in [2.75, 3.05) is 13.7 Å². The number of halogens is 2. The van der Waals surface area contributed by atoms with Gasteiger partial charge in [0.2, 0.25) is 5.82 Å². The van der Waals surface area contributed by atoms with E-state index in [9.17, 15) is 18.8 Å². The summed E-state index contributed by atoms with van der Waals surface area (Å²) in [6.07, 6.45) is -5.86. The van der Waals surface area contributed by atoms with Crippen molar-refractivity contribution in [2.24, 2.45) is 0 Å². The van der Waals surface area contributed by atoms with E-state index >= 15 is 4.39 Å². The van der Waals surface area contributed by atoms with Gasteiger partial charge < -0.3 is 18.9 Å². The van der Waals surface area contributed by atoms with Crippen LogP contribution in [0.5, 0.6) is 5.75 Å². The van der Waals surface area contributed by atoms with E-state index in [0.29, 0.717) is 33.2 Å². The number of aromatic amines is 1. The van der Waals surface area contributed by atoms with Gasteiger partial charge in [-0.15, -0.1) is 0 Å². The van der Waals surface area contributed by atoms with Gasteiger partial charge in [-0.2, -0.15) is 4.39 Å². The second-order valence-electron chi connectivity index (χ2n) is 9.68. The van der Waals surface area contributed by atoms with Crippen LogP contribution >= 0.6 is 0 Å². The molecule has 1 unspecified atom stereocenters.